The number of allylic oxidation sites excluding steroid dienone is 1. The normalized spacial score (nSPS) is 42.1. The third-order valence-corrected chi connectivity index (χ3v) is 12.4. The van der Waals surface area contributed by atoms with Gasteiger partial charge in [-0.1, -0.05) is 87.5 Å². The summed E-state index contributed by atoms with van der Waals surface area (Å²) >= 11 is 0. The number of hydrogen-bond acceptors (Lipinski definition) is 3. The molecule has 3 heteroatoms. The average molecular weight is 529 g/mol. The van der Waals surface area contributed by atoms with Crippen molar-refractivity contribution in [2.75, 3.05) is 0 Å². The van der Waals surface area contributed by atoms with E-state index in [1.807, 2.05) is 0 Å². The van der Waals surface area contributed by atoms with Gasteiger partial charge < -0.3 is 15.3 Å². The van der Waals surface area contributed by atoms with Crippen molar-refractivity contribution in [3.8, 4) is 0 Å². The molecule has 0 unspecified atom stereocenters. The van der Waals surface area contributed by atoms with Crippen LogP contribution in [0.3, 0.4) is 0 Å². The second kappa shape index (κ2) is 10.5. The van der Waals surface area contributed by atoms with Gasteiger partial charge in [-0.3, -0.25) is 0 Å². The first-order valence-corrected chi connectivity index (χ1v) is 15.6. The number of aliphatic hydroxyl groups excluding tert-OH is 3. The molecule has 6 rings (SSSR count). The van der Waals surface area contributed by atoms with Crippen molar-refractivity contribution in [2.45, 2.75) is 90.4 Å². The lowest BCUT2D eigenvalue weighted by Gasteiger charge is -2.63. The minimum Gasteiger partial charge on any atom is -0.393 e. The Labute approximate surface area is 235 Å². The molecule has 11 atom stereocenters. The van der Waals surface area contributed by atoms with E-state index in [1.165, 1.54) is 16.7 Å². The zero-order valence-corrected chi connectivity index (χ0v) is 24.0. The Morgan fingerprint density at radius 2 is 1.49 bits per heavy atom. The predicted octanol–water partition coefficient (Wildman–Crippen LogP) is 7.11. The fourth-order valence-electron chi connectivity index (χ4n) is 10.2. The van der Waals surface area contributed by atoms with Gasteiger partial charge in [0.15, 0.2) is 0 Å². The zero-order valence-electron chi connectivity index (χ0n) is 24.0. The summed E-state index contributed by atoms with van der Waals surface area (Å²) in [5.41, 5.74) is 3.74. The lowest BCUT2D eigenvalue weighted by Crippen LogP contribution is -2.62. The molecule has 4 aliphatic carbocycles. The van der Waals surface area contributed by atoms with Gasteiger partial charge in [0.05, 0.1) is 18.3 Å². The number of benzene rings is 2. The zero-order chi connectivity index (χ0) is 27.4. The molecule has 0 spiro atoms. The quantitative estimate of drug-likeness (QED) is 0.388. The van der Waals surface area contributed by atoms with Crippen molar-refractivity contribution >= 4 is 5.57 Å². The molecule has 4 fully saturated rings. The minimum atomic E-state index is -0.333. The number of hydrogen-bond donors (Lipinski definition) is 3. The molecule has 210 valence electrons. The molecule has 39 heavy (non-hydrogen) atoms. The maximum Gasteiger partial charge on any atom is 0.0602 e. The highest BCUT2D eigenvalue weighted by Crippen LogP contribution is 2.68. The second-order valence-corrected chi connectivity index (χ2v) is 14.1. The largest absolute Gasteiger partial charge is 0.393 e. The van der Waals surface area contributed by atoms with E-state index in [4.69, 9.17) is 0 Å². The van der Waals surface area contributed by atoms with Crippen molar-refractivity contribution in [1.29, 1.82) is 0 Å². The Balaban J connectivity index is 1.26. The predicted molar refractivity (Wildman–Crippen MR) is 158 cm³/mol. The van der Waals surface area contributed by atoms with Gasteiger partial charge in [0.1, 0.15) is 0 Å². The van der Waals surface area contributed by atoms with Gasteiger partial charge >= 0.3 is 0 Å². The van der Waals surface area contributed by atoms with Gasteiger partial charge in [-0.05, 0) is 114 Å². The Morgan fingerprint density at radius 3 is 2.13 bits per heavy atom. The molecule has 0 amide bonds. The summed E-state index contributed by atoms with van der Waals surface area (Å²) in [6.07, 6.45) is 9.09. The van der Waals surface area contributed by atoms with Crippen molar-refractivity contribution in [1.82, 2.24) is 0 Å². The average Bonchev–Trinajstić information content (AvgIpc) is 3.30. The SMILES string of the molecule is C[C@@H](CC=C(c1ccccc1)c1ccccc1)[C@H]1CC[C@@H]2[C@H]3[C@H](O)C[C@@H]4C[C@H](O)CC[C@]4(C)[C@@H]3C[C@H](O)[C@@]21C. The van der Waals surface area contributed by atoms with Crippen LogP contribution in [0.25, 0.3) is 5.57 Å². The van der Waals surface area contributed by atoms with E-state index < -0.39 is 0 Å². The van der Waals surface area contributed by atoms with Crippen LogP contribution in [0.2, 0.25) is 0 Å². The van der Waals surface area contributed by atoms with Gasteiger partial charge in [-0.25, -0.2) is 0 Å². The van der Waals surface area contributed by atoms with Crippen molar-refractivity contribution in [3.63, 3.8) is 0 Å². The van der Waals surface area contributed by atoms with E-state index >= 15 is 0 Å². The molecule has 0 aromatic heterocycles. The van der Waals surface area contributed by atoms with E-state index in [-0.39, 0.29) is 35.1 Å². The molecule has 3 N–H and O–H groups in total. The fraction of sp³-hybridized carbons (Fsp3) is 0.611. The van der Waals surface area contributed by atoms with E-state index in [1.54, 1.807) is 0 Å². The minimum absolute atomic E-state index is 0.123. The molecule has 2 aromatic carbocycles. The lowest BCUT2D eigenvalue weighted by atomic mass is 9.43. The Hall–Kier alpha value is -1.94. The Morgan fingerprint density at radius 1 is 0.846 bits per heavy atom. The molecular formula is C36H48O3. The molecule has 0 saturated heterocycles. The highest BCUT2D eigenvalue weighted by molar-refractivity contribution is 5.79. The van der Waals surface area contributed by atoms with Crippen LogP contribution in [0, 0.1) is 46.3 Å². The first-order chi connectivity index (χ1) is 18.7. The van der Waals surface area contributed by atoms with Crippen LogP contribution in [0.1, 0.15) is 83.3 Å². The maximum atomic E-state index is 11.9. The molecule has 0 aliphatic heterocycles. The van der Waals surface area contributed by atoms with Crippen molar-refractivity contribution in [2.24, 2.45) is 46.3 Å². The van der Waals surface area contributed by atoms with E-state index in [0.29, 0.717) is 29.6 Å². The van der Waals surface area contributed by atoms with Crippen molar-refractivity contribution < 1.29 is 15.3 Å². The summed E-state index contributed by atoms with van der Waals surface area (Å²) in [7, 11) is 0. The van der Waals surface area contributed by atoms with Gasteiger partial charge in [0, 0.05) is 0 Å². The van der Waals surface area contributed by atoms with Gasteiger partial charge in [0.2, 0.25) is 0 Å². The summed E-state index contributed by atoms with van der Waals surface area (Å²) < 4.78 is 0. The van der Waals surface area contributed by atoms with Gasteiger partial charge in [0.25, 0.3) is 0 Å². The molecule has 0 bridgehead atoms. The van der Waals surface area contributed by atoms with Crippen LogP contribution >= 0.6 is 0 Å². The Bertz CT molecular complexity index is 1120. The highest BCUT2D eigenvalue weighted by Gasteiger charge is 2.65. The smallest absolute Gasteiger partial charge is 0.0602 e. The van der Waals surface area contributed by atoms with Crippen LogP contribution in [0.15, 0.2) is 66.7 Å². The van der Waals surface area contributed by atoms with E-state index in [2.05, 4.69) is 87.5 Å². The summed E-state index contributed by atoms with van der Waals surface area (Å²) in [5, 5.41) is 33.9. The summed E-state index contributed by atoms with van der Waals surface area (Å²) in [5.74, 6) is 2.24. The van der Waals surface area contributed by atoms with Gasteiger partial charge in [-0.2, -0.15) is 0 Å². The molecule has 0 radical (unpaired) electrons. The molecule has 3 nitrogen and oxygen atoms in total. The van der Waals surface area contributed by atoms with Crippen LogP contribution in [0.4, 0.5) is 0 Å². The summed E-state index contributed by atoms with van der Waals surface area (Å²) in [4.78, 5) is 0. The topological polar surface area (TPSA) is 60.7 Å². The standard InChI is InChI=1S/C36H48O3/c1-23(14-15-28(24-10-6-4-7-11-24)25-12-8-5-9-13-25)29-16-17-30-34-31(22-33(39)36(29,30)3)35(2)19-18-27(37)20-26(35)21-32(34)38/h4-13,15,23,26-27,29-34,37-39H,14,16-22H2,1-3H3/t23-,26-,27+,29+,30+,31+,32+,33-,34+,35-,36+/m0/s1. The van der Waals surface area contributed by atoms with Crippen LogP contribution < -0.4 is 0 Å². The number of rotatable bonds is 5. The third-order valence-electron chi connectivity index (χ3n) is 12.4. The summed E-state index contributed by atoms with van der Waals surface area (Å²) in [6.45, 7) is 7.16. The van der Waals surface area contributed by atoms with Crippen LogP contribution in [0.5, 0.6) is 0 Å². The van der Waals surface area contributed by atoms with Gasteiger partial charge in [-0.15, -0.1) is 0 Å². The molecule has 2 aromatic rings. The highest BCUT2D eigenvalue weighted by atomic mass is 16.3. The first-order valence-electron chi connectivity index (χ1n) is 15.6. The van der Waals surface area contributed by atoms with Crippen LogP contribution in [-0.4, -0.2) is 33.6 Å². The maximum absolute atomic E-state index is 11.9. The molecular weight excluding hydrogens is 480 g/mol. The van der Waals surface area contributed by atoms with Crippen LogP contribution in [-0.2, 0) is 0 Å². The third kappa shape index (κ3) is 4.53. The molecule has 4 saturated carbocycles. The molecule has 0 heterocycles. The number of aliphatic hydroxyl groups is 3. The Kier molecular flexibility index (Phi) is 7.31. The van der Waals surface area contributed by atoms with E-state index in [9.17, 15) is 15.3 Å². The fourth-order valence-corrected chi connectivity index (χ4v) is 10.2. The summed E-state index contributed by atoms with van der Waals surface area (Å²) in [6, 6.07) is 21.4. The van der Waals surface area contributed by atoms with Crippen molar-refractivity contribution in [3.05, 3.63) is 77.9 Å². The molecule has 4 aliphatic rings. The monoisotopic (exact) mass is 528 g/mol. The second-order valence-electron chi connectivity index (χ2n) is 14.1. The van der Waals surface area contributed by atoms with E-state index in [0.717, 1.165) is 51.4 Å². The first kappa shape index (κ1) is 27.2. The number of fused-ring (bicyclic) bond motifs is 5. The lowest BCUT2D eigenvalue weighted by molar-refractivity contribution is -0.206.